The summed E-state index contributed by atoms with van der Waals surface area (Å²) in [4.78, 5) is 12.5. The zero-order valence-electron chi connectivity index (χ0n) is 20.4. The van der Waals surface area contributed by atoms with Crippen LogP contribution in [0.3, 0.4) is 0 Å². The summed E-state index contributed by atoms with van der Waals surface area (Å²) in [6.07, 6.45) is 3.76. The van der Waals surface area contributed by atoms with Gasteiger partial charge in [0.15, 0.2) is 5.76 Å². The van der Waals surface area contributed by atoms with Crippen molar-refractivity contribution in [2.45, 2.75) is 71.1 Å². The van der Waals surface area contributed by atoms with Gasteiger partial charge in [-0.05, 0) is 89.1 Å². The van der Waals surface area contributed by atoms with Gasteiger partial charge in [0.25, 0.3) is 5.91 Å². The van der Waals surface area contributed by atoms with Gasteiger partial charge in [0, 0.05) is 13.0 Å². The zero-order valence-corrected chi connectivity index (χ0v) is 20.4. The third-order valence-corrected chi connectivity index (χ3v) is 7.20. The third kappa shape index (κ3) is 5.00. The molecular weight excluding hydrogens is 410 g/mol. The summed E-state index contributed by atoms with van der Waals surface area (Å²) in [5.74, 6) is 1.18. The van der Waals surface area contributed by atoms with Crippen LogP contribution in [0.5, 0.6) is 5.75 Å². The molecule has 0 unspecified atom stereocenters. The topological polar surface area (TPSA) is 62.5 Å². The van der Waals surface area contributed by atoms with Crippen molar-refractivity contribution in [3.63, 3.8) is 0 Å². The molecule has 4 heteroatoms. The number of furan rings is 1. The summed E-state index contributed by atoms with van der Waals surface area (Å²) < 4.78 is 5.91. The van der Waals surface area contributed by atoms with Gasteiger partial charge in [0.1, 0.15) is 11.5 Å². The average molecular weight is 446 g/mol. The van der Waals surface area contributed by atoms with E-state index in [4.69, 9.17) is 4.42 Å². The Morgan fingerprint density at radius 2 is 1.61 bits per heavy atom. The molecule has 1 aromatic heterocycles. The highest BCUT2D eigenvalue weighted by Gasteiger charge is 2.37. The number of aryl methyl sites for hydroxylation is 1. The number of nitrogens with one attached hydrogen (secondary N) is 1. The molecule has 0 saturated heterocycles. The second kappa shape index (κ2) is 8.74. The van der Waals surface area contributed by atoms with Gasteiger partial charge in [0.2, 0.25) is 0 Å². The predicted molar refractivity (Wildman–Crippen MR) is 132 cm³/mol. The van der Waals surface area contributed by atoms with Crippen molar-refractivity contribution in [3.05, 3.63) is 87.9 Å². The molecule has 4 nitrogen and oxygen atoms in total. The van der Waals surface area contributed by atoms with E-state index in [-0.39, 0.29) is 22.5 Å². The lowest BCUT2D eigenvalue weighted by molar-refractivity contribution is 0.0925. The quantitative estimate of drug-likeness (QED) is 0.474. The highest BCUT2D eigenvalue weighted by atomic mass is 16.3. The van der Waals surface area contributed by atoms with Gasteiger partial charge in [-0.1, -0.05) is 52.0 Å². The fraction of sp³-hybridized carbons (Fsp3) is 0.414. The minimum absolute atomic E-state index is 0.166. The maximum Gasteiger partial charge on any atom is 0.287 e. The molecule has 0 fully saturated rings. The van der Waals surface area contributed by atoms with E-state index in [2.05, 4.69) is 52.1 Å². The van der Waals surface area contributed by atoms with Gasteiger partial charge in [-0.3, -0.25) is 4.79 Å². The van der Waals surface area contributed by atoms with Crippen molar-refractivity contribution in [2.24, 2.45) is 0 Å². The molecule has 1 aliphatic carbocycles. The minimum Gasteiger partial charge on any atom is -0.508 e. The summed E-state index contributed by atoms with van der Waals surface area (Å²) in [5.41, 5.74) is 6.86. The van der Waals surface area contributed by atoms with Crippen LogP contribution in [0.2, 0.25) is 0 Å². The number of carbonyl (C=O) groups is 1. The Hall–Kier alpha value is -3.01. The number of carbonyl (C=O) groups excluding carboxylic acids is 1. The van der Waals surface area contributed by atoms with E-state index in [9.17, 15) is 9.90 Å². The van der Waals surface area contributed by atoms with Gasteiger partial charge in [-0.2, -0.15) is 0 Å². The van der Waals surface area contributed by atoms with E-state index in [0.717, 1.165) is 11.3 Å². The van der Waals surface area contributed by atoms with E-state index in [1.807, 2.05) is 18.2 Å². The van der Waals surface area contributed by atoms with Crippen LogP contribution >= 0.6 is 0 Å². The third-order valence-electron chi connectivity index (χ3n) is 7.20. The number of amides is 1. The number of fused-ring (bicyclic) bond motifs is 1. The second-order valence-electron chi connectivity index (χ2n) is 10.7. The molecule has 3 aromatic rings. The highest BCUT2D eigenvalue weighted by Crippen LogP contribution is 2.46. The number of benzene rings is 2. The van der Waals surface area contributed by atoms with Crippen molar-refractivity contribution < 1.29 is 14.3 Å². The first kappa shape index (κ1) is 23.2. The fourth-order valence-corrected chi connectivity index (χ4v) is 4.81. The van der Waals surface area contributed by atoms with Crippen LogP contribution in [0.25, 0.3) is 0 Å². The van der Waals surface area contributed by atoms with E-state index >= 15 is 0 Å². The summed E-state index contributed by atoms with van der Waals surface area (Å²) >= 11 is 0. The van der Waals surface area contributed by atoms with E-state index < -0.39 is 0 Å². The van der Waals surface area contributed by atoms with Crippen LogP contribution in [0.4, 0.5) is 0 Å². The SMILES string of the molecule is Cc1cc2c(cc1Cc1ccc(C(=O)NCCc3ccc(O)cc3)o1)C(C)(C)CCC2(C)C. The van der Waals surface area contributed by atoms with Crippen LogP contribution in [0.1, 0.15) is 84.7 Å². The van der Waals surface area contributed by atoms with Gasteiger partial charge >= 0.3 is 0 Å². The van der Waals surface area contributed by atoms with E-state index in [1.165, 1.54) is 35.1 Å². The smallest absolute Gasteiger partial charge is 0.287 e. The molecule has 1 heterocycles. The lowest BCUT2D eigenvalue weighted by atomic mass is 9.62. The van der Waals surface area contributed by atoms with Crippen molar-refractivity contribution in [2.75, 3.05) is 6.54 Å². The fourth-order valence-electron chi connectivity index (χ4n) is 4.81. The molecule has 0 radical (unpaired) electrons. The standard InChI is InChI=1S/C29H35NO3/c1-19-16-24-25(29(4,5)14-13-28(24,2)3)18-21(19)17-23-10-11-26(33-23)27(32)30-15-12-20-6-8-22(31)9-7-20/h6-11,16,18,31H,12-15,17H2,1-5H3,(H,30,32). The molecule has 2 N–H and O–H groups in total. The zero-order chi connectivity index (χ0) is 23.8. The number of phenols is 1. The van der Waals surface area contributed by atoms with E-state index in [0.29, 0.717) is 25.1 Å². The van der Waals surface area contributed by atoms with Gasteiger partial charge in [-0.15, -0.1) is 0 Å². The van der Waals surface area contributed by atoms with Gasteiger partial charge in [-0.25, -0.2) is 0 Å². The molecule has 0 saturated carbocycles. The Kier molecular flexibility index (Phi) is 6.13. The van der Waals surface area contributed by atoms with E-state index in [1.54, 1.807) is 18.2 Å². The first-order valence-electron chi connectivity index (χ1n) is 11.8. The van der Waals surface area contributed by atoms with Gasteiger partial charge in [0.05, 0.1) is 0 Å². The highest BCUT2D eigenvalue weighted by molar-refractivity contribution is 5.91. The monoisotopic (exact) mass is 445 g/mol. The van der Waals surface area contributed by atoms with Gasteiger partial charge < -0.3 is 14.8 Å². The Morgan fingerprint density at radius 3 is 2.27 bits per heavy atom. The van der Waals surface area contributed by atoms with Crippen molar-refractivity contribution >= 4 is 5.91 Å². The van der Waals surface area contributed by atoms with Crippen LogP contribution in [0, 0.1) is 6.92 Å². The average Bonchev–Trinajstić information content (AvgIpc) is 3.23. The van der Waals surface area contributed by atoms with Crippen molar-refractivity contribution in [1.29, 1.82) is 0 Å². The Balaban J connectivity index is 1.44. The molecule has 33 heavy (non-hydrogen) atoms. The maximum atomic E-state index is 12.5. The van der Waals surface area contributed by atoms with Crippen LogP contribution in [0.15, 0.2) is 52.9 Å². The number of rotatable bonds is 6. The molecule has 0 aliphatic heterocycles. The molecular formula is C29H35NO3. The Morgan fingerprint density at radius 1 is 0.970 bits per heavy atom. The lowest BCUT2D eigenvalue weighted by Crippen LogP contribution is -2.34. The number of phenolic OH excluding ortho intramolecular Hbond substituents is 1. The summed E-state index contributed by atoms with van der Waals surface area (Å²) in [6.45, 7) is 12.1. The van der Waals surface area contributed by atoms with Crippen LogP contribution in [-0.4, -0.2) is 17.6 Å². The lowest BCUT2D eigenvalue weighted by Gasteiger charge is -2.42. The minimum atomic E-state index is -0.204. The van der Waals surface area contributed by atoms with Crippen molar-refractivity contribution in [3.8, 4) is 5.75 Å². The van der Waals surface area contributed by atoms with Crippen molar-refractivity contribution in [1.82, 2.24) is 5.32 Å². The van der Waals surface area contributed by atoms with Crippen LogP contribution < -0.4 is 5.32 Å². The predicted octanol–water partition coefficient (Wildman–Crippen LogP) is 6.21. The first-order chi connectivity index (χ1) is 15.5. The summed E-state index contributed by atoms with van der Waals surface area (Å²) in [5, 5.41) is 12.3. The normalized spacial score (nSPS) is 16.3. The van der Waals surface area contributed by atoms with Crippen LogP contribution in [-0.2, 0) is 23.7 Å². The molecule has 1 amide bonds. The first-order valence-corrected chi connectivity index (χ1v) is 11.8. The summed E-state index contributed by atoms with van der Waals surface area (Å²) in [7, 11) is 0. The number of aromatic hydroxyl groups is 1. The number of hydrogen-bond acceptors (Lipinski definition) is 3. The Bertz CT molecular complexity index is 1150. The summed E-state index contributed by atoms with van der Waals surface area (Å²) in [6, 6.07) is 15.4. The molecule has 174 valence electrons. The molecule has 0 atom stereocenters. The molecule has 1 aliphatic rings. The molecule has 0 bridgehead atoms. The second-order valence-corrected chi connectivity index (χ2v) is 10.7. The largest absolute Gasteiger partial charge is 0.508 e. The molecule has 2 aromatic carbocycles. The maximum absolute atomic E-state index is 12.5. The Labute approximate surface area is 197 Å². The number of hydrogen-bond donors (Lipinski definition) is 2. The molecule has 0 spiro atoms. The molecule has 4 rings (SSSR count).